The lowest BCUT2D eigenvalue weighted by Crippen LogP contribution is -2.14. The molecule has 2 aromatic heterocycles. The molecule has 2 heterocycles. The number of benzene rings is 1. The van der Waals surface area contributed by atoms with Gasteiger partial charge in [0, 0.05) is 30.0 Å². The number of nitrogen functional groups attached to an aromatic ring is 1. The molecule has 106 valence electrons. The summed E-state index contributed by atoms with van der Waals surface area (Å²) in [5, 5.41) is 2.74. The lowest BCUT2D eigenvalue weighted by Gasteiger charge is -2.05. The number of carbonyl (C=O) groups excluding carboxylic acids is 1. The van der Waals surface area contributed by atoms with Crippen molar-refractivity contribution in [1.29, 1.82) is 0 Å². The van der Waals surface area contributed by atoms with Crippen LogP contribution in [-0.2, 0) is 0 Å². The third-order valence-electron chi connectivity index (χ3n) is 3.00. The summed E-state index contributed by atoms with van der Waals surface area (Å²) in [6.45, 7) is 0. The molecule has 0 bridgehead atoms. The maximum atomic E-state index is 11.9. The molecule has 7 heteroatoms. The number of hydrogen-bond acceptors (Lipinski definition) is 3. The largest absolute Gasteiger partial charge is 0.397 e. The van der Waals surface area contributed by atoms with E-state index < -0.39 is 0 Å². The Kier molecular flexibility index (Phi) is 3.07. The number of hydrogen-bond donors (Lipinski definition) is 4. The highest BCUT2D eigenvalue weighted by Crippen LogP contribution is 2.13. The number of nitrogens with one attached hydrogen (secondary N) is 3. The molecule has 0 aliphatic rings. The smallest absolute Gasteiger partial charge is 0.330 e. The standard InChI is InChI=1S/C14H13N5O2/c15-9-7-12(17-8-9)13(20)18-10-1-3-11(4-2-10)19-6-5-16-14(19)21/h1-8,17H,15H2,(H,16,21)(H,18,20). The van der Waals surface area contributed by atoms with Gasteiger partial charge in [0.1, 0.15) is 5.69 Å². The van der Waals surface area contributed by atoms with Crippen molar-refractivity contribution >= 4 is 17.3 Å². The van der Waals surface area contributed by atoms with Gasteiger partial charge in [-0.3, -0.25) is 9.36 Å². The maximum Gasteiger partial charge on any atom is 0.330 e. The molecule has 0 atom stereocenters. The maximum absolute atomic E-state index is 11.9. The van der Waals surface area contributed by atoms with Crippen LogP contribution in [0.5, 0.6) is 0 Å². The second-order valence-electron chi connectivity index (χ2n) is 4.48. The van der Waals surface area contributed by atoms with Gasteiger partial charge in [0.15, 0.2) is 0 Å². The number of carbonyl (C=O) groups is 1. The highest BCUT2D eigenvalue weighted by atomic mass is 16.2. The number of H-pyrrole nitrogens is 2. The number of nitrogens with zero attached hydrogens (tertiary/aromatic N) is 1. The van der Waals surface area contributed by atoms with Crippen molar-refractivity contribution in [2.45, 2.75) is 0 Å². The summed E-state index contributed by atoms with van der Waals surface area (Å²) >= 11 is 0. The first-order valence-electron chi connectivity index (χ1n) is 6.25. The predicted molar refractivity (Wildman–Crippen MR) is 79.5 cm³/mol. The Morgan fingerprint density at radius 2 is 1.95 bits per heavy atom. The summed E-state index contributed by atoms with van der Waals surface area (Å²) in [4.78, 5) is 28.8. The van der Waals surface area contributed by atoms with Crippen LogP contribution in [0.1, 0.15) is 10.5 Å². The van der Waals surface area contributed by atoms with Gasteiger partial charge in [-0.05, 0) is 30.3 Å². The van der Waals surface area contributed by atoms with Crippen LogP contribution in [0.15, 0.2) is 53.7 Å². The van der Waals surface area contributed by atoms with Gasteiger partial charge in [-0.25, -0.2) is 4.79 Å². The quantitative estimate of drug-likeness (QED) is 0.582. The van der Waals surface area contributed by atoms with Crippen molar-refractivity contribution in [3.8, 4) is 5.69 Å². The summed E-state index contributed by atoms with van der Waals surface area (Å²) in [6, 6.07) is 8.49. The average molecular weight is 283 g/mol. The summed E-state index contributed by atoms with van der Waals surface area (Å²) < 4.78 is 1.47. The number of amides is 1. The van der Waals surface area contributed by atoms with Crippen molar-refractivity contribution in [1.82, 2.24) is 14.5 Å². The van der Waals surface area contributed by atoms with Crippen LogP contribution in [0, 0.1) is 0 Å². The molecule has 3 aromatic rings. The SMILES string of the molecule is Nc1c[nH]c(C(=O)Nc2ccc(-n3cc[nH]c3=O)cc2)c1. The number of anilines is 2. The third kappa shape index (κ3) is 2.57. The van der Waals surface area contributed by atoms with E-state index in [1.54, 1.807) is 48.9 Å². The van der Waals surface area contributed by atoms with Crippen molar-refractivity contribution in [2.75, 3.05) is 11.1 Å². The van der Waals surface area contributed by atoms with E-state index in [9.17, 15) is 9.59 Å². The van der Waals surface area contributed by atoms with Crippen LogP contribution in [0.3, 0.4) is 0 Å². The van der Waals surface area contributed by atoms with Gasteiger partial charge >= 0.3 is 5.69 Å². The van der Waals surface area contributed by atoms with Crippen LogP contribution in [0.25, 0.3) is 5.69 Å². The van der Waals surface area contributed by atoms with Crippen molar-refractivity contribution in [3.05, 3.63) is 65.1 Å². The molecule has 0 fully saturated rings. The van der Waals surface area contributed by atoms with Crippen molar-refractivity contribution in [2.24, 2.45) is 0 Å². The van der Waals surface area contributed by atoms with Gasteiger partial charge in [0.2, 0.25) is 0 Å². The zero-order valence-corrected chi connectivity index (χ0v) is 11.0. The number of imidazole rings is 1. The van der Waals surface area contributed by atoms with E-state index in [1.807, 2.05) is 0 Å². The molecule has 0 unspecified atom stereocenters. The Hall–Kier alpha value is -3.22. The van der Waals surface area contributed by atoms with Gasteiger partial charge in [-0.2, -0.15) is 0 Å². The molecule has 5 N–H and O–H groups in total. The summed E-state index contributed by atoms with van der Waals surface area (Å²) in [5.41, 5.74) is 7.56. The zero-order chi connectivity index (χ0) is 14.8. The molecule has 3 rings (SSSR count). The first-order valence-corrected chi connectivity index (χ1v) is 6.25. The zero-order valence-electron chi connectivity index (χ0n) is 11.0. The minimum Gasteiger partial charge on any atom is -0.397 e. The Bertz CT molecular complexity index is 825. The molecule has 0 aliphatic carbocycles. The van der Waals surface area contributed by atoms with Gasteiger partial charge in [0.25, 0.3) is 5.91 Å². The Morgan fingerprint density at radius 3 is 2.52 bits per heavy atom. The monoisotopic (exact) mass is 283 g/mol. The molecule has 0 radical (unpaired) electrons. The second kappa shape index (κ2) is 5.04. The predicted octanol–water partition coefficient (Wildman–Crippen LogP) is 1.33. The molecular formula is C14H13N5O2. The molecule has 7 nitrogen and oxygen atoms in total. The fraction of sp³-hybridized carbons (Fsp3) is 0. The van der Waals surface area contributed by atoms with E-state index in [4.69, 9.17) is 5.73 Å². The minimum absolute atomic E-state index is 0.214. The Morgan fingerprint density at radius 1 is 1.19 bits per heavy atom. The number of nitrogens with two attached hydrogens (primary N) is 1. The van der Waals surface area contributed by atoms with E-state index in [1.165, 1.54) is 4.57 Å². The lowest BCUT2D eigenvalue weighted by molar-refractivity contribution is 0.102. The highest BCUT2D eigenvalue weighted by Gasteiger charge is 2.08. The van der Waals surface area contributed by atoms with Crippen LogP contribution in [0.4, 0.5) is 11.4 Å². The molecule has 21 heavy (non-hydrogen) atoms. The topological polar surface area (TPSA) is 109 Å². The highest BCUT2D eigenvalue weighted by molar-refractivity contribution is 6.03. The molecule has 0 saturated carbocycles. The number of aromatic amines is 2. The normalized spacial score (nSPS) is 10.5. The Balaban J connectivity index is 1.77. The second-order valence-corrected chi connectivity index (χ2v) is 4.48. The van der Waals surface area contributed by atoms with Crippen LogP contribution < -0.4 is 16.7 Å². The molecule has 0 saturated heterocycles. The summed E-state index contributed by atoms with van der Waals surface area (Å²) in [6.07, 6.45) is 4.75. The van der Waals surface area contributed by atoms with E-state index in [0.717, 1.165) is 0 Å². The van der Waals surface area contributed by atoms with Crippen LogP contribution in [-0.4, -0.2) is 20.4 Å². The summed E-state index contributed by atoms with van der Waals surface area (Å²) in [7, 11) is 0. The van der Waals surface area contributed by atoms with Gasteiger partial charge in [0.05, 0.1) is 5.69 Å². The van der Waals surface area contributed by atoms with Crippen molar-refractivity contribution < 1.29 is 4.79 Å². The lowest BCUT2D eigenvalue weighted by atomic mass is 10.2. The van der Waals surface area contributed by atoms with Crippen molar-refractivity contribution in [3.63, 3.8) is 0 Å². The summed E-state index contributed by atoms with van der Waals surface area (Å²) in [5.74, 6) is -0.279. The van der Waals surface area contributed by atoms with Crippen LogP contribution in [0.2, 0.25) is 0 Å². The van der Waals surface area contributed by atoms with E-state index in [0.29, 0.717) is 22.8 Å². The molecule has 1 aromatic carbocycles. The number of rotatable bonds is 3. The van der Waals surface area contributed by atoms with E-state index >= 15 is 0 Å². The molecular weight excluding hydrogens is 270 g/mol. The minimum atomic E-state index is -0.279. The Labute approximate surface area is 119 Å². The van der Waals surface area contributed by atoms with E-state index in [2.05, 4.69) is 15.3 Å². The van der Waals surface area contributed by atoms with Gasteiger partial charge in [-0.15, -0.1) is 0 Å². The fourth-order valence-electron chi connectivity index (χ4n) is 1.97. The first kappa shape index (κ1) is 12.8. The fourth-order valence-corrected chi connectivity index (χ4v) is 1.97. The van der Waals surface area contributed by atoms with E-state index in [-0.39, 0.29) is 11.6 Å². The third-order valence-corrected chi connectivity index (χ3v) is 3.00. The number of aromatic nitrogens is 3. The average Bonchev–Trinajstić information content (AvgIpc) is 3.08. The molecule has 1 amide bonds. The van der Waals surface area contributed by atoms with Crippen LogP contribution >= 0.6 is 0 Å². The first-order chi connectivity index (χ1) is 10.1. The van der Waals surface area contributed by atoms with Gasteiger partial charge in [-0.1, -0.05) is 0 Å². The molecule has 0 aliphatic heterocycles. The molecule has 0 spiro atoms. The van der Waals surface area contributed by atoms with Gasteiger partial charge < -0.3 is 21.0 Å².